The first-order valence-corrected chi connectivity index (χ1v) is 16.6. The second-order valence-electron chi connectivity index (χ2n) is 11.4. The molecule has 6 nitrogen and oxygen atoms in total. The highest BCUT2D eigenvalue weighted by Gasteiger charge is 2.28. The molecule has 2 atom stereocenters. The first-order valence-electron chi connectivity index (χ1n) is 16.6. The monoisotopic (exact) mass is 592 g/mol. The lowest BCUT2D eigenvalue weighted by atomic mass is 9.96. The number of carbonyl (C=O) groups excluding carboxylic acids is 2. The highest BCUT2D eigenvalue weighted by atomic mass is 16.6. The van der Waals surface area contributed by atoms with Gasteiger partial charge in [0.25, 0.3) is 0 Å². The fraction of sp³-hybridized carbons (Fsp3) is 0.568. The molecule has 0 saturated heterocycles. The molecule has 0 spiro atoms. The fourth-order valence-corrected chi connectivity index (χ4v) is 5.21. The van der Waals surface area contributed by atoms with Gasteiger partial charge in [-0.3, -0.25) is 0 Å². The maximum absolute atomic E-state index is 13.2. The normalized spacial score (nSPS) is 12.7. The molecule has 0 saturated carbocycles. The van der Waals surface area contributed by atoms with Crippen molar-refractivity contribution < 1.29 is 28.5 Å². The summed E-state index contributed by atoms with van der Waals surface area (Å²) < 4.78 is 24.5. The van der Waals surface area contributed by atoms with Gasteiger partial charge in [0.1, 0.15) is 11.5 Å². The van der Waals surface area contributed by atoms with Crippen molar-refractivity contribution in [1.82, 2.24) is 0 Å². The first-order chi connectivity index (χ1) is 21.0. The molecule has 236 valence electrons. The summed E-state index contributed by atoms with van der Waals surface area (Å²) in [5, 5.41) is 3.40. The Hall–Kier alpha value is -3.28. The van der Waals surface area contributed by atoms with Crippen molar-refractivity contribution in [3.8, 4) is 11.5 Å². The molecule has 0 fully saturated rings. The van der Waals surface area contributed by atoms with Gasteiger partial charge in [0.2, 0.25) is 0 Å². The zero-order chi connectivity index (χ0) is 31.0. The molecule has 3 aromatic rings. The summed E-state index contributed by atoms with van der Waals surface area (Å²) in [4.78, 5) is 26.3. The molecule has 0 N–H and O–H groups in total. The summed E-state index contributed by atoms with van der Waals surface area (Å²) in [6.45, 7) is 11.2. The van der Waals surface area contributed by atoms with Crippen LogP contribution in [0.4, 0.5) is 0 Å². The minimum absolute atomic E-state index is 0.329. The molecule has 6 heteroatoms. The van der Waals surface area contributed by atoms with Crippen molar-refractivity contribution in [2.24, 2.45) is 0 Å². The molecule has 43 heavy (non-hydrogen) atoms. The summed E-state index contributed by atoms with van der Waals surface area (Å²) in [6.07, 6.45) is 9.15. The highest BCUT2D eigenvalue weighted by molar-refractivity contribution is 6.11. The number of unbranched alkanes of at least 4 members (excludes halogenated alkanes) is 4. The Kier molecular flexibility index (Phi) is 14.6. The van der Waals surface area contributed by atoms with Crippen molar-refractivity contribution in [3.05, 3.63) is 48.0 Å². The van der Waals surface area contributed by atoms with Crippen molar-refractivity contribution in [1.29, 1.82) is 0 Å². The minimum atomic E-state index is -0.717. The van der Waals surface area contributed by atoms with Gasteiger partial charge in [0, 0.05) is 21.5 Å². The van der Waals surface area contributed by atoms with Crippen molar-refractivity contribution >= 4 is 33.5 Å². The van der Waals surface area contributed by atoms with E-state index in [1.165, 1.54) is 5.56 Å². The number of hydrogen-bond acceptors (Lipinski definition) is 6. The van der Waals surface area contributed by atoms with Crippen LogP contribution in [0.15, 0.2) is 42.5 Å². The summed E-state index contributed by atoms with van der Waals surface area (Å²) >= 11 is 0. The molecule has 0 aliphatic heterocycles. The zero-order valence-electron chi connectivity index (χ0n) is 27.0. The molecule has 2 unspecified atom stereocenters. The van der Waals surface area contributed by atoms with Crippen LogP contribution in [-0.4, -0.2) is 37.4 Å². The van der Waals surface area contributed by atoms with E-state index in [1.807, 2.05) is 38.1 Å². The quantitative estimate of drug-likeness (QED) is 0.0739. The van der Waals surface area contributed by atoms with Gasteiger partial charge >= 0.3 is 11.9 Å². The highest BCUT2D eigenvalue weighted by Crippen LogP contribution is 2.44. The second-order valence-corrected chi connectivity index (χ2v) is 11.4. The van der Waals surface area contributed by atoms with Crippen molar-refractivity contribution in [3.63, 3.8) is 0 Å². The maximum atomic E-state index is 13.2. The Morgan fingerprint density at radius 1 is 0.581 bits per heavy atom. The standard InChI is InChI=1S/C37H52O6/c1-6-11-14-19-27-22-23-30-31(26-27)35(43-33(18-10-5)37(39)41-25-13-8-3)29-21-16-15-20-28(29)34(30)42-32(17-9-4)36(38)40-24-12-7-2/h15-16,20-23,26,32-33H,6-14,17-19,24-25H2,1-5H3. The van der Waals surface area contributed by atoms with E-state index in [-0.39, 0.29) is 11.9 Å². The van der Waals surface area contributed by atoms with Crippen LogP contribution in [0, 0.1) is 0 Å². The maximum Gasteiger partial charge on any atom is 0.347 e. The third-order valence-corrected chi connectivity index (χ3v) is 7.69. The second kappa shape index (κ2) is 18.4. The lowest BCUT2D eigenvalue weighted by molar-refractivity contribution is -0.153. The fourth-order valence-electron chi connectivity index (χ4n) is 5.21. The number of aryl methyl sites for hydroxylation is 1. The molecular weight excluding hydrogens is 540 g/mol. The smallest absolute Gasteiger partial charge is 0.347 e. The SMILES string of the molecule is CCCCCc1ccc2c(OC(CCC)C(=O)OCCCC)c3ccccc3c(OC(CCC)C(=O)OCCCC)c2c1. The average Bonchev–Trinajstić information content (AvgIpc) is 3.01. The van der Waals surface area contributed by atoms with Crippen LogP contribution in [0.5, 0.6) is 11.5 Å². The number of fused-ring (bicyclic) bond motifs is 2. The van der Waals surface area contributed by atoms with Crippen molar-refractivity contribution in [2.45, 2.75) is 124 Å². The van der Waals surface area contributed by atoms with Crippen LogP contribution >= 0.6 is 0 Å². The van der Waals surface area contributed by atoms with Gasteiger partial charge in [-0.2, -0.15) is 0 Å². The largest absolute Gasteiger partial charge is 0.477 e. The van der Waals surface area contributed by atoms with Crippen LogP contribution in [0.1, 0.15) is 111 Å². The van der Waals surface area contributed by atoms with E-state index < -0.39 is 12.2 Å². The number of esters is 2. The number of benzene rings is 3. The lowest BCUT2D eigenvalue weighted by Crippen LogP contribution is -2.30. The molecule has 3 aromatic carbocycles. The molecular formula is C37H52O6. The van der Waals surface area contributed by atoms with Crippen molar-refractivity contribution in [2.75, 3.05) is 13.2 Å². The Labute approximate surface area is 258 Å². The zero-order valence-corrected chi connectivity index (χ0v) is 27.0. The molecule has 0 aromatic heterocycles. The van der Waals surface area contributed by atoms with E-state index in [9.17, 15) is 9.59 Å². The molecule has 3 rings (SSSR count). The number of carbonyl (C=O) groups is 2. The van der Waals surface area contributed by atoms with Gasteiger partial charge in [-0.05, 0) is 50.2 Å². The Morgan fingerprint density at radius 3 is 1.56 bits per heavy atom. The van der Waals surface area contributed by atoms with Gasteiger partial charge in [0.05, 0.1) is 13.2 Å². The van der Waals surface area contributed by atoms with Gasteiger partial charge in [-0.25, -0.2) is 9.59 Å². The molecule has 0 radical (unpaired) electrons. The van der Waals surface area contributed by atoms with Crippen LogP contribution < -0.4 is 9.47 Å². The van der Waals surface area contributed by atoms with Crippen LogP contribution in [0.2, 0.25) is 0 Å². The van der Waals surface area contributed by atoms with Crippen LogP contribution in [0.25, 0.3) is 21.5 Å². The molecule has 0 amide bonds. The molecule has 0 aliphatic rings. The van der Waals surface area contributed by atoms with E-state index in [1.54, 1.807) is 0 Å². The predicted molar refractivity (Wildman–Crippen MR) is 175 cm³/mol. The Bertz CT molecular complexity index is 1300. The molecule has 0 heterocycles. The van der Waals surface area contributed by atoms with Gasteiger partial charge < -0.3 is 18.9 Å². The van der Waals surface area contributed by atoms with E-state index >= 15 is 0 Å². The van der Waals surface area contributed by atoms with E-state index in [0.717, 1.165) is 85.8 Å². The van der Waals surface area contributed by atoms with E-state index in [0.29, 0.717) is 37.6 Å². The topological polar surface area (TPSA) is 71.1 Å². The summed E-state index contributed by atoms with van der Waals surface area (Å²) in [5.41, 5.74) is 1.20. The lowest BCUT2D eigenvalue weighted by Gasteiger charge is -2.24. The minimum Gasteiger partial charge on any atom is -0.477 e. The van der Waals surface area contributed by atoms with Crippen LogP contribution in [0.3, 0.4) is 0 Å². The Morgan fingerprint density at radius 2 is 1.07 bits per heavy atom. The summed E-state index contributed by atoms with van der Waals surface area (Å²) in [5.74, 6) is 0.631. The van der Waals surface area contributed by atoms with Gasteiger partial charge in [-0.15, -0.1) is 0 Å². The van der Waals surface area contributed by atoms with Gasteiger partial charge in [-0.1, -0.05) is 110 Å². The third kappa shape index (κ3) is 9.61. The van der Waals surface area contributed by atoms with Crippen LogP contribution in [-0.2, 0) is 25.5 Å². The number of ether oxygens (including phenoxy) is 4. The molecule has 0 bridgehead atoms. The first kappa shape index (κ1) is 34.2. The summed E-state index contributed by atoms with van der Waals surface area (Å²) in [7, 11) is 0. The van der Waals surface area contributed by atoms with Gasteiger partial charge in [0.15, 0.2) is 12.2 Å². The summed E-state index contributed by atoms with van der Waals surface area (Å²) in [6, 6.07) is 14.3. The number of rotatable bonds is 20. The Balaban J connectivity index is 2.16. The molecule has 0 aliphatic carbocycles. The third-order valence-electron chi connectivity index (χ3n) is 7.69. The van der Waals surface area contributed by atoms with E-state index in [4.69, 9.17) is 18.9 Å². The average molecular weight is 593 g/mol. The number of hydrogen-bond donors (Lipinski definition) is 0. The predicted octanol–water partition coefficient (Wildman–Crippen LogP) is 9.51. The van der Waals surface area contributed by atoms with E-state index in [2.05, 4.69) is 39.0 Å².